The first kappa shape index (κ1) is 33.9. The van der Waals surface area contributed by atoms with E-state index in [1.165, 1.54) is 0 Å². The number of anilines is 1. The Labute approximate surface area is 248 Å². The molecule has 2 heterocycles. The van der Waals surface area contributed by atoms with Crippen molar-refractivity contribution in [3.05, 3.63) is 39.8 Å². The van der Waals surface area contributed by atoms with Gasteiger partial charge in [-0.2, -0.15) is 0 Å². The number of azide groups is 1. The molecular weight excluding hydrogens is 568 g/mol. The first-order valence-electron chi connectivity index (χ1n) is 14.1. The number of rotatable bonds is 23. The van der Waals surface area contributed by atoms with Gasteiger partial charge in [-0.15, -0.1) is 0 Å². The molecule has 0 aromatic heterocycles. The van der Waals surface area contributed by atoms with Gasteiger partial charge < -0.3 is 33.7 Å². The number of carbonyl (C=O) groups excluding carboxylic acids is 4. The highest BCUT2D eigenvalue weighted by atomic mass is 16.6. The zero-order chi connectivity index (χ0) is 30.7. The van der Waals surface area contributed by atoms with Crippen molar-refractivity contribution in [3.8, 4) is 0 Å². The molecule has 16 heteroatoms. The van der Waals surface area contributed by atoms with Crippen LogP contribution in [0.2, 0.25) is 0 Å². The van der Waals surface area contributed by atoms with Gasteiger partial charge in [-0.1, -0.05) is 11.2 Å². The zero-order valence-corrected chi connectivity index (χ0v) is 24.0. The van der Waals surface area contributed by atoms with E-state index < -0.39 is 29.7 Å². The van der Waals surface area contributed by atoms with Crippen molar-refractivity contribution in [1.29, 1.82) is 0 Å². The summed E-state index contributed by atoms with van der Waals surface area (Å²) in [5, 5.41) is 8.67. The maximum atomic E-state index is 13.1. The molecule has 1 fully saturated rings. The van der Waals surface area contributed by atoms with Gasteiger partial charge in [0.15, 0.2) is 0 Å². The van der Waals surface area contributed by atoms with Gasteiger partial charge in [-0.3, -0.25) is 29.4 Å². The van der Waals surface area contributed by atoms with Crippen LogP contribution in [-0.2, 0) is 38.0 Å². The number of hydrogen-bond acceptors (Lipinski definition) is 12. The van der Waals surface area contributed by atoms with Gasteiger partial charge in [-0.25, -0.2) is 0 Å². The van der Waals surface area contributed by atoms with E-state index in [-0.39, 0.29) is 24.0 Å². The van der Waals surface area contributed by atoms with Crippen molar-refractivity contribution >= 4 is 29.3 Å². The van der Waals surface area contributed by atoms with E-state index in [1.54, 1.807) is 18.2 Å². The molecule has 2 aliphatic heterocycles. The summed E-state index contributed by atoms with van der Waals surface area (Å²) < 4.78 is 32.4. The molecule has 43 heavy (non-hydrogen) atoms. The van der Waals surface area contributed by atoms with Crippen LogP contribution in [0.25, 0.3) is 10.4 Å². The number of amides is 4. The standard InChI is InChI=1S/C27H38N6O10/c28-32-30-7-9-39-11-13-41-15-17-43-19-18-42-16-14-40-12-10-38-8-6-29-21-3-1-2-20-24(21)27(37)33(26(20)36)22-4-5-23(34)31-25(22)35/h1-3,22,29H,4-19H2,(H,31,34,35). The number of fused-ring (bicyclic) bond motifs is 1. The molecule has 2 N–H and O–H groups in total. The summed E-state index contributed by atoms with van der Waals surface area (Å²) in [6.07, 6.45) is 0.171. The lowest BCUT2D eigenvalue weighted by atomic mass is 10.0. The monoisotopic (exact) mass is 606 g/mol. The smallest absolute Gasteiger partial charge is 0.264 e. The van der Waals surface area contributed by atoms with Crippen molar-refractivity contribution in [2.24, 2.45) is 5.11 Å². The first-order valence-corrected chi connectivity index (χ1v) is 14.1. The van der Waals surface area contributed by atoms with E-state index in [4.69, 9.17) is 34.0 Å². The lowest BCUT2D eigenvalue weighted by Crippen LogP contribution is -2.54. The maximum absolute atomic E-state index is 13.1. The van der Waals surface area contributed by atoms with Gasteiger partial charge in [0.2, 0.25) is 11.8 Å². The first-order chi connectivity index (χ1) is 21.0. The average molecular weight is 607 g/mol. The third-order valence-corrected chi connectivity index (χ3v) is 6.29. The maximum Gasteiger partial charge on any atom is 0.264 e. The molecule has 16 nitrogen and oxygen atoms in total. The third kappa shape index (κ3) is 11.2. The summed E-state index contributed by atoms with van der Waals surface area (Å²) in [5.74, 6) is -2.17. The van der Waals surface area contributed by atoms with Crippen LogP contribution in [0.5, 0.6) is 0 Å². The molecule has 4 amide bonds. The van der Waals surface area contributed by atoms with Crippen molar-refractivity contribution in [1.82, 2.24) is 10.2 Å². The second-order valence-electron chi connectivity index (χ2n) is 9.23. The second-order valence-corrected chi connectivity index (χ2v) is 9.23. The van der Waals surface area contributed by atoms with Crippen LogP contribution >= 0.6 is 0 Å². The summed E-state index contributed by atoms with van der Waals surface area (Å²) in [4.78, 5) is 53.3. The Morgan fingerprint density at radius 1 is 0.814 bits per heavy atom. The average Bonchev–Trinajstić information content (AvgIpc) is 3.25. The molecule has 1 atom stereocenters. The van der Waals surface area contributed by atoms with Gasteiger partial charge in [-0.05, 0) is 24.1 Å². The van der Waals surface area contributed by atoms with Gasteiger partial charge in [0.1, 0.15) is 6.04 Å². The molecule has 0 aliphatic carbocycles. The highest BCUT2D eigenvalue weighted by molar-refractivity contribution is 6.25. The Morgan fingerprint density at radius 3 is 1.93 bits per heavy atom. The van der Waals surface area contributed by atoms with E-state index in [2.05, 4.69) is 20.7 Å². The van der Waals surface area contributed by atoms with Gasteiger partial charge in [0.05, 0.1) is 90.4 Å². The molecule has 1 aromatic rings. The third-order valence-electron chi connectivity index (χ3n) is 6.29. The van der Waals surface area contributed by atoms with Gasteiger partial charge in [0, 0.05) is 30.1 Å². The van der Waals surface area contributed by atoms with E-state index in [9.17, 15) is 19.2 Å². The summed E-state index contributed by atoms with van der Waals surface area (Å²) in [7, 11) is 0. The van der Waals surface area contributed by atoms with Crippen LogP contribution in [-0.4, -0.2) is 127 Å². The lowest BCUT2D eigenvalue weighted by Gasteiger charge is -2.27. The Bertz CT molecular complexity index is 1130. The molecule has 0 saturated carbocycles. The highest BCUT2D eigenvalue weighted by Crippen LogP contribution is 2.32. The fourth-order valence-corrected chi connectivity index (χ4v) is 4.27. The summed E-state index contributed by atoms with van der Waals surface area (Å²) in [6.45, 7) is 5.68. The zero-order valence-electron chi connectivity index (χ0n) is 24.0. The predicted octanol–water partition coefficient (Wildman–Crippen LogP) is 0.910. The molecule has 0 spiro atoms. The number of benzene rings is 1. The Hall–Kier alpha value is -3.63. The topological polar surface area (TPSA) is 200 Å². The molecule has 3 rings (SSSR count). The molecule has 2 aliphatic rings. The van der Waals surface area contributed by atoms with Crippen LogP contribution in [0.1, 0.15) is 33.6 Å². The number of piperidine rings is 1. The number of nitrogens with one attached hydrogen (secondary N) is 2. The predicted molar refractivity (Wildman–Crippen MR) is 151 cm³/mol. The molecule has 0 bridgehead atoms. The van der Waals surface area contributed by atoms with E-state index >= 15 is 0 Å². The highest BCUT2D eigenvalue weighted by Gasteiger charge is 2.45. The number of hydrogen-bond donors (Lipinski definition) is 2. The van der Waals surface area contributed by atoms with Crippen LogP contribution in [0.4, 0.5) is 5.69 Å². The quantitative estimate of drug-likeness (QED) is 0.0590. The molecule has 1 saturated heterocycles. The fourth-order valence-electron chi connectivity index (χ4n) is 4.27. The minimum Gasteiger partial charge on any atom is -0.382 e. The molecule has 236 valence electrons. The SMILES string of the molecule is [N-]=[N+]=NCCOCCOCCOCCOCCOCCOCCNc1cccc2c1C(=O)N(C1CCC(=O)NC1=O)C2=O. The second kappa shape index (κ2) is 19.5. The van der Waals surface area contributed by atoms with Crippen LogP contribution in [0, 0.1) is 0 Å². The number of ether oxygens (including phenoxy) is 6. The van der Waals surface area contributed by atoms with E-state index in [0.29, 0.717) is 98.1 Å². The van der Waals surface area contributed by atoms with Crippen LogP contribution in [0.15, 0.2) is 23.3 Å². The van der Waals surface area contributed by atoms with Gasteiger partial charge >= 0.3 is 0 Å². The van der Waals surface area contributed by atoms with Crippen molar-refractivity contribution in [3.63, 3.8) is 0 Å². The summed E-state index contributed by atoms with van der Waals surface area (Å²) in [5.41, 5.74) is 9.04. The number of imide groups is 2. The Balaban J connectivity index is 1.16. The van der Waals surface area contributed by atoms with Crippen molar-refractivity contribution in [2.45, 2.75) is 18.9 Å². The number of nitrogens with zero attached hydrogens (tertiary/aromatic N) is 4. The lowest BCUT2D eigenvalue weighted by molar-refractivity contribution is -0.136. The number of carbonyl (C=O) groups is 4. The van der Waals surface area contributed by atoms with Crippen molar-refractivity contribution < 1.29 is 47.6 Å². The van der Waals surface area contributed by atoms with Gasteiger partial charge in [0.25, 0.3) is 11.8 Å². The molecular formula is C27H38N6O10. The molecule has 0 radical (unpaired) electrons. The molecule has 1 aromatic carbocycles. The van der Waals surface area contributed by atoms with Crippen LogP contribution < -0.4 is 10.6 Å². The summed E-state index contributed by atoms with van der Waals surface area (Å²) in [6, 6.07) is 3.89. The van der Waals surface area contributed by atoms with E-state index in [1.807, 2.05) is 0 Å². The molecule has 1 unspecified atom stereocenters. The largest absolute Gasteiger partial charge is 0.382 e. The van der Waals surface area contributed by atoms with Crippen molar-refractivity contribution in [2.75, 3.05) is 97.7 Å². The normalized spacial score (nSPS) is 16.3. The van der Waals surface area contributed by atoms with Crippen LogP contribution in [0.3, 0.4) is 0 Å². The van der Waals surface area contributed by atoms with E-state index in [0.717, 1.165) is 4.90 Å². The Kier molecular flexibility index (Phi) is 15.4. The minimum absolute atomic E-state index is 0.0664. The minimum atomic E-state index is -1.01. The summed E-state index contributed by atoms with van der Waals surface area (Å²) >= 11 is 0. The fraction of sp³-hybridized carbons (Fsp3) is 0.630. The Morgan fingerprint density at radius 2 is 1.37 bits per heavy atom.